The highest BCUT2D eigenvalue weighted by Gasteiger charge is 2.19. The molecule has 0 aliphatic heterocycles. The summed E-state index contributed by atoms with van der Waals surface area (Å²) in [5.74, 6) is -0.0968. The smallest absolute Gasteiger partial charge is 0.250 e. The number of anilines is 2. The molecule has 2 aromatic rings. The first kappa shape index (κ1) is 14.4. The van der Waals surface area contributed by atoms with Crippen molar-refractivity contribution in [2.75, 3.05) is 11.1 Å². The molecule has 0 aliphatic rings. The van der Waals surface area contributed by atoms with Gasteiger partial charge in [0.05, 0.1) is 11.6 Å². The van der Waals surface area contributed by atoms with Gasteiger partial charge in [-0.15, -0.1) is 11.3 Å². The van der Waals surface area contributed by atoms with E-state index in [4.69, 9.17) is 11.5 Å². The van der Waals surface area contributed by atoms with Gasteiger partial charge in [0.2, 0.25) is 0 Å². The number of nitrogens with two attached hydrogens (primary N) is 2. The summed E-state index contributed by atoms with van der Waals surface area (Å²) in [6.45, 7) is 4.28. The van der Waals surface area contributed by atoms with Crippen LogP contribution in [0.4, 0.5) is 11.4 Å². The summed E-state index contributed by atoms with van der Waals surface area (Å²) < 4.78 is 0. The maximum absolute atomic E-state index is 11.5. The SMILES string of the molecule is CC(C)C(Nc1ccc(N)cc1C(N)=O)c1cccs1. The molecule has 4 nitrogen and oxygen atoms in total. The maximum Gasteiger partial charge on any atom is 0.250 e. The summed E-state index contributed by atoms with van der Waals surface area (Å²) in [5.41, 5.74) is 12.8. The number of amides is 1. The van der Waals surface area contributed by atoms with Crippen molar-refractivity contribution in [3.8, 4) is 0 Å². The van der Waals surface area contributed by atoms with Gasteiger partial charge in [-0.3, -0.25) is 4.79 Å². The van der Waals surface area contributed by atoms with E-state index < -0.39 is 5.91 Å². The van der Waals surface area contributed by atoms with Gasteiger partial charge in [-0.1, -0.05) is 19.9 Å². The Labute approximate surface area is 122 Å². The van der Waals surface area contributed by atoms with Crippen LogP contribution in [0.2, 0.25) is 0 Å². The van der Waals surface area contributed by atoms with Crippen molar-refractivity contribution in [1.82, 2.24) is 0 Å². The molecule has 2 rings (SSSR count). The number of hydrogen-bond acceptors (Lipinski definition) is 4. The second-order valence-corrected chi connectivity index (χ2v) is 6.03. The number of nitrogens with one attached hydrogen (secondary N) is 1. The third-order valence-corrected chi connectivity index (χ3v) is 4.09. The van der Waals surface area contributed by atoms with Crippen LogP contribution >= 0.6 is 11.3 Å². The molecule has 106 valence electrons. The summed E-state index contributed by atoms with van der Waals surface area (Å²) in [6, 6.07) is 9.42. The highest BCUT2D eigenvalue weighted by Crippen LogP contribution is 2.31. The van der Waals surface area contributed by atoms with Crippen molar-refractivity contribution < 1.29 is 4.79 Å². The van der Waals surface area contributed by atoms with E-state index in [2.05, 4.69) is 25.2 Å². The molecular weight excluding hydrogens is 270 g/mol. The Hall–Kier alpha value is -2.01. The minimum absolute atomic E-state index is 0.136. The molecule has 1 amide bonds. The average molecular weight is 289 g/mol. The molecular formula is C15H19N3OS. The van der Waals surface area contributed by atoms with E-state index >= 15 is 0 Å². The molecule has 0 radical (unpaired) electrons. The number of thiophene rings is 1. The van der Waals surface area contributed by atoms with Gasteiger partial charge < -0.3 is 16.8 Å². The largest absolute Gasteiger partial charge is 0.399 e. The van der Waals surface area contributed by atoms with Gasteiger partial charge in [-0.25, -0.2) is 0 Å². The van der Waals surface area contributed by atoms with E-state index in [1.54, 1.807) is 29.5 Å². The molecule has 0 saturated carbocycles. The predicted molar refractivity (Wildman–Crippen MR) is 84.9 cm³/mol. The van der Waals surface area contributed by atoms with Gasteiger partial charge in [0, 0.05) is 16.3 Å². The highest BCUT2D eigenvalue weighted by molar-refractivity contribution is 7.10. The molecule has 1 aromatic heterocycles. The minimum Gasteiger partial charge on any atom is -0.399 e. The van der Waals surface area contributed by atoms with Crippen LogP contribution < -0.4 is 16.8 Å². The van der Waals surface area contributed by atoms with Gasteiger partial charge >= 0.3 is 0 Å². The lowest BCUT2D eigenvalue weighted by Gasteiger charge is -2.23. The first-order chi connectivity index (χ1) is 9.49. The van der Waals surface area contributed by atoms with E-state index in [-0.39, 0.29) is 6.04 Å². The lowest BCUT2D eigenvalue weighted by Crippen LogP contribution is -2.20. The van der Waals surface area contributed by atoms with Gasteiger partial charge in [0.1, 0.15) is 0 Å². The summed E-state index contributed by atoms with van der Waals surface area (Å²) in [4.78, 5) is 12.8. The quantitative estimate of drug-likeness (QED) is 0.739. The first-order valence-corrected chi connectivity index (χ1v) is 7.36. The van der Waals surface area contributed by atoms with Crippen LogP contribution in [0.5, 0.6) is 0 Å². The van der Waals surface area contributed by atoms with Gasteiger partial charge in [0.15, 0.2) is 0 Å². The molecule has 0 bridgehead atoms. The fourth-order valence-electron chi connectivity index (χ4n) is 2.09. The third kappa shape index (κ3) is 3.11. The molecule has 0 saturated heterocycles. The average Bonchev–Trinajstić information content (AvgIpc) is 2.90. The van der Waals surface area contributed by atoms with E-state index in [1.807, 2.05) is 11.4 Å². The zero-order chi connectivity index (χ0) is 14.7. The van der Waals surface area contributed by atoms with Crippen molar-refractivity contribution in [2.45, 2.75) is 19.9 Å². The van der Waals surface area contributed by atoms with Crippen molar-refractivity contribution in [2.24, 2.45) is 11.7 Å². The van der Waals surface area contributed by atoms with Crippen molar-refractivity contribution >= 4 is 28.6 Å². The Kier molecular flexibility index (Phi) is 4.29. The summed E-state index contributed by atoms with van der Waals surface area (Å²) in [5, 5.41) is 5.46. The first-order valence-electron chi connectivity index (χ1n) is 6.48. The second kappa shape index (κ2) is 5.96. The molecule has 0 aliphatic carbocycles. The second-order valence-electron chi connectivity index (χ2n) is 5.05. The Morgan fingerprint density at radius 2 is 2.05 bits per heavy atom. The fourth-order valence-corrected chi connectivity index (χ4v) is 3.04. The lowest BCUT2D eigenvalue weighted by atomic mass is 10.0. The number of benzene rings is 1. The molecule has 5 N–H and O–H groups in total. The van der Waals surface area contributed by atoms with Gasteiger partial charge in [0.25, 0.3) is 5.91 Å². The lowest BCUT2D eigenvalue weighted by molar-refractivity contribution is 0.100. The zero-order valence-corrected chi connectivity index (χ0v) is 12.4. The predicted octanol–water partition coefficient (Wildman–Crippen LogP) is 3.24. The highest BCUT2D eigenvalue weighted by atomic mass is 32.1. The Morgan fingerprint density at radius 3 is 2.60 bits per heavy atom. The number of hydrogen-bond donors (Lipinski definition) is 3. The monoisotopic (exact) mass is 289 g/mol. The van der Waals surface area contributed by atoms with Crippen molar-refractivity contribution in [3.63, 3.8) is 0 Å². The van der Waals surface area contributed by atoms with E-state index in [1.165, 1.54) is 4.88 Å². The summed E-state index contributed by atoms with van der Waals surface area (Å²) in [7, 11) is 0. The molecule has 5 heteroatoms. The number of primary amides is 1. The minimum atomic E-state index is -0.478. The summed E-state index contributed by atoms with van der Waals surface area (Å²) >= 11 is 1.69. The molecule has 1 heterocycles. The number of carbonyl (C=O) groups excluding carboxylic acids is 1. The van der Waals surface area contributed by atoms with Crippen molar-refractivity contribution in [1.29, 1.82) is 0 Å². The van der Waals surface area contributed by atoms with Crippen LogP contribution in [0, 0.1) is 5.92 Å². The van der Waals surface area contributed by atoms with Crippen LogP contribution in [-0.4, -0.2) is 5.91 Å². The molecule has 1 atom stereocenters. The standard InChI is InChI=1S/C15H19N3OS/c1-9(2)14(13-4-3-7-20-13)18-12-6-5-10(16)8-11(12)15(17)19/h3-9,14,18H,16H2,1-2H3,(H2,17,19). The molecule has 0 spiro atoms. The molecule has 1 unspecified atom stereocenters. The van der Waals surface area contributed by atoms with E-state index in [0.29, 0.717) is 17.2 Å². The van der Waals surface area contributed by atoms with Crippen LogP contribution in [0.15, 0.2) is 35.7 Å². The van der Waals surface area contributed by atoms with E-state index in [9.17, 15) is 4.79 Å². The Bertz CT molecular complexity index is 593. The fraction of sp³-hybridized carbons (Fsp3) is 0.267. The number of rotatable bonds is 5. The van der Waals surface area contributed by atoms with Crippen LogP contribution in [0.25, 0.3) is 0 Å². The van der Waals surface area contributed by atoms with Crippen molar-refractivity contribution in [3.05, 3.63) is 46.2 Å². The van der Waals surface area contributed by atoms with Crippen LogP contribution in [-0.2, 0) is 0 Å². The number of nitrogen functional groups attached to an aromatic ring is 1. The summed E-state index contributed by atoms with van der Waals surface area (Å²) in [6.07, 6.45) is 0. The van der Waals surface area contributed by atoms with Gasteiger partial charge in [-0.05, 0) is 35.6 Å². The number of carbonyl (C=O) groups is 1. The molecule has 20 heavy (non-hydrogen) atoms. The molecule has 1 aromatic carbocycles. The Balaban J connectivity index is 2.34. The van der Waals surface area contributed by atoms with Crippen LogP contribution in [0.1, 0.15) is 35.1 Å². The van der Waals surface area contributed by atoms with E-state index in [0.717, 1.165) is 5.69 Å². The third-order valence-electron chi connectivity index (χ3n) is 3.14. The normalized spacial score (nSPS) is 12.3. The molecule has 0 fully saturated rings. The van der Waals surface area contributed by atoms with Crippen LogP contribution in [0.3, 0.4) is 0 Å². The van der Waals surface area contributed by atoms with Gasteiger partial charge in [-0.2, -0.15) is 0 Å². The zero-order valence-electron chi connectivity index (χ0n) is 11.6. The maximum atomic E-state index is 11.5. The topological polar surface area (TPSA) is 81.1 Å². The Morgan fingerprint density at radius 1 is 1.30 bits per heavy atom.